The maximum atomic E-state index is 12.5. The van der Waals surface area contributed by atoms with Crippen molar-refractivity contribution in [3.63, 3.8) is 0 Å². The predicted molar refractivity (Wildman–Crippen MR) is 118 cm³/mol. The Morgan fingerprint density at radius 2 is 1.52 bits per heavy atom. The fourth-order valence-electron chi connectivity index (χ4n) is 3.27. The number of esters is 1. The summed E-state index contributed by atoms with van der Waals surface area (Å²) in [7, 11) is 1.32. The van der Waals surface area contributed by atoms with E-state index < -0.39 is 12.1 Å². The van der Waals surface area contributed by atoms with Gasteiger partial charge in [0.1, 0.15) is 17.4 Å². The Hall–Kier alpha value is -3.80. The van der Waals surface area contributed by atoms with Gasteiger partial charge < -0.3 is 20.1 Å². The van der Waals surface area contributed by atoms with Crippen LogP contribution in [0.1, 0.15) is 40.4 Å². The third kappa shape index (κ3) is 5.22. The van der Waals surface area contributed by atoms with Gasteiger partial charge in [-0.2, -0.15) is 0 Å². The van der Waals surface area contributed by atoms with Crippen LogP contribution < -0.4 is 15.4 Å². The van der Waals surface area contributed by atoms with E-state index in [2.05, 4.69) is 10.6 Å². The lowest BCUT2D eigenvalue weighted by molar-refractivity contribution is 0.0594. The monoisotopic (exact) mass is 416 g/mol. The average molecular weight is 416 g/mol. The van der Waals surface area contributed by atoms with Crippen LogP contribution in [0, 0.1) is 0 Å². The highest BCUT2D eigenvalue weighted by molar-refractivity contribution is 5.96. The van der Waals surface area contributed by atoms with Crippen molar-refractivity contribution in [2.24, 2.45) is 0 Å². The number of hydrogen-bond acceptors (Lipinski definition) is 4. The number of carbonyl (C=O) groups excluding carboxylic acids is 2. The van der Waals surface area contributed by atoms with Gasteiger partial charge >= 0.3 is 12.0 Å². The number of hydrogen-bond donors (Lipinski definition) is 2. The first-order chi connectivity index (χ1) is 15.1. The second kappa shape index (κ2) is 9.34. The molecule has 2 N–H and O–H groups in total. The molecule has 0 atom stereocenters. The van der Waals surface area contributed by atoms with E-state index in [0.717, 1.165) is 24.0 Å². The summed E-state index contributed by atoms with van der Waals surface area (Å²) < 4.78 is 11.3. The molecule has 0 aromatic heterocycles. The second-order valence-electron chi connectivity index (χ2n) is 7.39. The molecule has 3 aromatic rings. The molecule has 31 heavy (non-hydrogen) atoms. The standard InChI is InChI=1S/C25H24N2O4/c1-30-24(28)21-16-20(27-25(29)26-19-12-13-19)14-15-22(21)31-23(17-8-4-2-5-9-17)18-10-6-3-7-11-18/h2-11,14-16,19,23H,12-13H2,1H3,(H2,26,27,29). The highest BCUT2D eigenvalue weighted by atomic mass is 16.5. The van der Waals surface area contributed by atoms with E-state index in [9.17, 15) is 9.59 Å². The molecule has 6 nitrogen and oxygen atoms in total. The maximum Gasteiger partial charge on any atom is 0.341 e. The number of ether oxygens (including phenoxy) is 2. The second-order valence-corrected chi connectivity index (χ2v) is 7.39. The van der Waals surface area contributed by atoms with Gasteiger partial charge in [-0.3, -0.25) is 0 Å². The Labute approximate surface area is 181 Å². The molecule has 0 unspecified atom stereocenters. The fraction of sp³-hybridized carbons (Fsp3) is 0.200. The SMILES string of the molecule is COC(=O)c1cc(NC(=O)NC2CC2)ccc1OC(c1ccccc1)c1ccccc1. The molecule has 4 rings (SSSR count). The zero-order chi connectivity index (χ0) is 21.6. The Kier molecular flexibility index (Phi) is 6.17. The van der Waals surface area contributed by atoms with Crippen LogP contribution in [0.3, 0.4) is 0 Å². The molecule has 1 aliphatic carbocycles. The molecule has 0 heterocycles. The van der Waals surface area contributed by atoms with Gasteiger partial charge in [-0.05, 0) is 42.2 Å². The molecular weight excluding hydrogens is 392 g/mol. The van der Waals surface area contributed by atoms with E-state index in [1.165, 1.54) is 7.11 Å². The Bertz CT molecular complexity index is 1010. The summed E-state index contributed by atoms with van der Waals surface area (Å²) in [6.07, 6.45) is 1.57. The fourth-order valence-corrected chi connectivity index (χ4v) is 3.27. The number of methoxy groups -OCH3 is 1. The molecule has 6 heteroatoms. The van der Waals surface area contributed by atoms with Crippen LogP contribution in [0.15, 0.2) is 78.9 Å². The molecule has 0 bridgehead atoms. The van der Waals surface area contributed by atoms with Crippen molar-refractivity contribution in [3.05, 3.63) is 95.6 Å². The molecular formula is C25H24N2O4. The number of carbonyl (C=O) groups is 2. The van der Waals surface area contributed by atoms with Crippen LogP contribution in [0.25, 0.3) is 0 Å². The highest BCUT2D eigenvalue weighted by Crippen LogP contribution is 2.32. The van der Waals surface area contributed by atoms with Gasteiger partial charge in [0.25, 0.3) is 0 Å². The molecule has 3 aromatic carbocycles. The van der Waals surface area contributed by atoms with E-state index in [1.54, 1.807) is 18.2 Å². The minimum atomic E-state index is -0.541. The molecule has 158 valence electrons. The summed E-state index contributed by atoms with van der Waals surface area (Å²) in [5.74, 6) is -0.168. The van der Waals surface area contributed by atoms with E-state index in [0.29, 0.717) is 11.4 Å². The zero-order valence-electron chi connectivity index (χ0n) is 17.2. The first-order valence-electron chi connectivity index (χ1n) is 10.2. The van der Waals surface area contributed by atoms with Gasteiger partial charge in [-0.25, -0.2) is 9.59 Å². The van der Waals surface area contributed by atoms with Crippen molar-refractivity contribution < 1.29 is 19.1 Å². The maximum absolute atomic E-state index is 12.5. The molecule has 0 radical (unpaired) electrons. The molecule has 2 amide bonds. The summed E-state index contributed by atoms with van der Waals surface area (Å²) in [4.78, 5) is 24.6. The lowest BCUT2D eigenvalue weighted by Crippen LogP contribution is -2.30. The summed E-state index contributed by atoms with van der Waals surface area (Å²) in [5, 5.41) is 5.62. The van der Waals surface area contributed by atoms with Crippen molar-refractivity contribution in [3.8, 4) is 5.75 Å². The zero-order valence-corrected chi connectivity index (χ0v) is 17.2. The highest BCUT2D eigenvalue weighted by Gasteiger charge is 2.24. The molecule has 1 aliphatic rings. The van der Waals surface area contributed by atoms with E-state index in [4.69, 9.17) is 9.47 Å². The number of rotatable bonds is 7. The van der Waals surface area contributed by atoms with Crippen molar-refractivity contribution in [2.75, 3.05) is 12.4 Å². The van der Waals surface area contributed by atoms with Crippen molar-refractivity contribution in [1.29, 1.82) is 0 Å². The molecule has 0 aliphatic heterocycles. The third-order valence-electron chi connectivity index (χ3n) is 5.00. The van der Waals surface area contributed by atoms with Gasteiger partial charge in [-0.1, -0.05) is 60.7 Å². The smallest absolute Gasteiger partial charge is 0.341 e. The Morgan fingerprint density at radius 1 is 0.903 bits per heavy atom. The number of nitrogens with one attached hydrogen (secondary N) is 2. The van der Waals surface area contributed by atoms with E-state index >= 15 is 0 Å². The first-order valence-corrected chi connectivity index (χ1v) is 10.2. The van der Waals surface area contributed by atoms with Gasteiger partial charge in [0.15, 0.2) is 0 Å². The molecule has 1 saturated carbocycles. The number of urea groups is 1. The predicted octanol–water partition coefficient (Wildman–Crippen LogP) is 4.93. The summed E-state index contributed by atoms with van der Waals surface area (Å²) >= 11 is 0. The Morgan fingerprint density at radius 3 is 2.06 bits per heavy atom. The van der Waals surface area contributed by atoms with E-state index in [-0.39, 0.29) is 17.6 Å². The van der Waals surface area contributed by atoms with Gasteiger partial charge in [0.05, 0.1) is 7.11 Å². The van der Waals surface area contributed by atoms with Crippen molar-refractivity contribution >= 4 is 17.7 Å². The number of amides is 2. The number of benzene rings is 3. The quantitative estimate of drug-likeness (QED) is 0.536. The average Bonchev–Trinajstić information content (AvgIpc) is 3.62. The number of anilines is 1. The van der Waals surface area contributed by atoms with Crippen molar-refractivity contribution in [1.82, 2.24) is 5.32 Å². The summed E-state index contributed by atoms with van der Waals surface area (Å²) in [6.45, 7) is 0. The minimum Gasteiger partial charge on any atom is -0.480 e. The summed E-state index contributed by atoms with van der Waals surface area (Å²) in [6, 6.07) is 24.5. The molecule has 0 spiro atoms. The third-order valence-corrected chi connectivity index (χ3v) is 5.00. The minimum absolute atomic E-state index is 0.236. The summed E-state index contributed by atoms with van der Waals surface area (Å²) in [5.41, 5.74) is 2.64. The van der Waals surface area contributed by atoms with Crippen LogP contribution >= 0.6 is 0 Å². The normalized spacial score (nSPS) is 12.8. The first kappa shape index (κ1) is 20.5. The topological polar surface area (TPSA) is 76.7 Å². The lowest BCUT2D eigenvalue weighted by Gasteiger charge is -2.22. The molecule has 0 saturated heterocycles. The van der Waals surface area contributed by atoms with Crippen LogP contribution in [0.2, 0.25) is 0 Å². The van der Waals surface area contributed by atoms with Gasteiger partial charge in [0, 0.05) is 11.7 Å². The molecule has 1 fully saturated rings. The van der Waals surface area contributed by atoms with Gasteiger partial charge in [-0.15, -0.1) is 0 Å². The van der Waals surface area contributed by atoms with Crippen LogP contribution in [-0.2, 0) is 4.74 Å². The Balaban J connectivity index is 1.64. The van der Waals surface area contributed by atoms with Gasteiger partial charge in [0.2, 0.25) is 0 Å². The lowest BCUT2D eigenvalue weighted by atomic mass is 10.0. The van der Waals surface area contributed by atoms with Crippen LogP contribution in [0.4, 0.5) is 10.5 Å². The van der Waals surface area contributed by atoms with Crippen LogP contribution in [0.5, 0.6) is 5.75 Å². The van der Waals surface area contributed by atoms with Crippen molar-refractivity contribution in [2.45, 2.75) is 25.0 Å². The van der Waals surface area contributed by atoms with Crippen LogP contribution in [-0.4, -0.2) is 25.2 Å². The van der Waals surface area contributed by atoms with E-state index in [1.807, 2.05) is 60.7 Å². The largest absolute Gasteiger partial charge is 0.480 e.